The summed E-state index contributed by atoms with van der Waals surface area (Å²) >= 11 is 5.53. The molecule has 0 radical (unpaired) electrons. The molecule has 2 rings (SSSR count). The Kier molecular flexibility index (Phi) is 1.77. The number of fused-ring (bicyclic) bond motifs is 1. The maximum Gasteiger partial charge on any atom is 0.290 e. The van der Waals surface area contributed by atoms with E-state index in [1.54, 1.807) is 6.07 Å². The van der Waals surface area contributed by atoms with E-state index in [1.165, 1.54) is 0 Å². The van der Waals surface area contributed by atoms with E-state index >= 15 is 0 Å². The van der Waals surface area contributed by atoms with E-state index < -0.39 is 0 Å². The molecular weight excluding hydrogens is 190 g/mol. The average molecular weight is 196 g/mol. The number of nitrogens with zero attached hydrogens (tertiary/aromatic N) is 3. The van der Waals surface area contributed by atoms with Crippen molar-refractivity contribution < 1.29 is 4.85 Å². The van der Waals surface area contributed by atoms with Crippen LogP contribution in [0.3, 0.4) is 0 Å². The fourth-order valence-corrected chi connectivity index (χ4v) is 1.39. The molecule has 0 amide bonds. The van der Waals surface area contributed by atoms with Crippen LogP contribution in [0.25, 0.3) is 11.0 Å². The smallest absolute Gasteiger partial charge is 0.290 e. The SMILES string of the molecule is Cc1cccc2nc(Cl)n[n+]([O-])c12. The largest absolute Gasteiger partial charge is 0.594 e. The molecular formula is C8H6ClN3O. The predicted molar refractivity (Wildman–Crippen MR) is 48.2 cm³/mol. The van der Waals surface area contributed by atoms with E-state index in [9.17, 15) is 5.21 Å². The molecule has 0 spiro atoms. The molecule has 1 heterocycles. The van der Waals surface area contributed by atoms with Crippen molar-refractivity contribution in [3.8, 4) is 0 Å². The summed E-state index contributed by atoms with van der Waals surface area (Å²) in [6, 6.07) is 5.37. The standard InChI is InChI=1S/C8H6ClN3O/c1-5-3-2-4-6-7(5)12(13)11-8(9)10-6/h2-4H,1H3. The van der Waals surface area contributed by atoms with E-state index in [0.29, 0.717) is 15.9 Å². The highest BCUT2D eigenvalue weighted by Gasteiger charge is 2.10. The van der Waals surface area contributed by atoms with Gasteiger partial charge in [0.15, 0.2) is 0 Å². The Morgan fingerprint density at radius 1 is 1.46 bits per heavy atom. The molecule has 0 aliphatic carbocycles. The number of aryl methyl sites for hydroxylation is 1. The Morgan fingerprint density at radius 2 is 2.23 bits per heavy atom. The number of aromatic nitrogens is 3. The number of hydrogen-bond acceptors (Lipinski definition) is 3. The highest BCUT2D eigenvalue weighted by atomic mass is 35.5. The molecule has 1 aromatic heterocycles. The maximum atomic E-state index is 11.3. The Labute approximate surface area is 79.4 Å². The van der Waals surface area contributed by atoms with Crippen LogP contribution in [0.15, 0.2) is 18.2 Å². The molecule has 0 saturated carbocycles. The van der Waals surface area contributed by atoms with E-state index in [0.717, 1.165) is 5.56 Å². The Hall–Kier alpha value is -1.42. The van der Waals surface area contributed by atoms with Gasteiger partial charge in [-0.25, -0.2) is 4.98 Å². The van der Waals surface area contributed by atoms with Crippen molar-refractivity contribution in [2.24, 2.45) is 0 Å². The first-order valence-corrected chi connectivity index (χ1v) is 4.09. The summed E-state index contributed by atoms with van der Waals surface area (Å²) in [5, 5.41) is 14.7. The van der Waals surface area contributed by atoms with E-state index in [1.807, 2.05) is 19.1 Å². The third-order valence-electron chi connectivity index (χ3n) is 1.79. The lowest BCUT2D eigenvalue weighted by Gasteiger charge is -2.00. The summed E-state index contributed by atoms with van der Waals surface area (Å²) in [7, 11) is 0. The predicted octanol–water partition coefficient (Wildman–Crippen LogP) is 1.23. The summed E-state index contributed by atoms with van der Waals surface area (Å²) in [4.78, 5) is 4.43. The molecule has 13 heavy (non-hydrogen) atoms. The van der Waals surface area contributed by atoms with Crippen LogP contribution >= 0.6 is 11.6 Å². The van der Waals surface area contributed by atoms with Gasteiger partial charge in [0.05, 0.1) is 0 Å². The second-order valence-electron chi connectivity index (χ2n) is 2.70. The molecule has 0 atom stereocenters. The molecule has 2 aromatic rings. The zero-order chi connectivity index (χ0) is 9.42. The summed E-state index contributed by atoms with van der Waals surface area (Å²) < 4.78 is 0. The van der Waals surface area contributed by atoms with Crippen molar-refractivity contribution in [1.82, 2.24) is 10.1 Å². The van der Waals surface area contributed by atoms with Crippen molar-refractivity contribution in [3.05, 3.63) is 34.3 Å². The fraction of sp³-hybridized carbons (Fsp3) is 0.125. The summed E-state index contributed by atoms with van der Waals surface area (Å²) in [5.74, 6) is 0. The lowest BCUT2D eigenvalue weighted by atomic mass is 10.2. The molecule has 0 aliphatic rings. The molecule has 0 unspecified atom stereocenters. The van der Waals surface area contributed by atoms with Crippen molar-refractivity contribution in [3.63, 3.8) is 0 Å². The molecule has 0 fully saturated rings. The molecule has 0 bridgehead atoms. The number of benzene rings is 1. The molecule has 1 aromatic carbocycles. The Bertz CT molecular complexity index is 472. The molecule has 5 heteroatoms. The second-order valence-corrected chi connectivity index (χ2v) is 3.03. The molecule has 0 aliphatic heterocycles. The summed E-state index contributed by atoms with van der Waals surface area (Å²) in [5.41, 5.74) is 1.87. The molecule has 0 saturated heterocycles. The zero-order valence-electron chi connectivity index (χ0n) is 6.86. The highest BCUT2D eigenvalue weighted by Crippen LogP contribution is 2.12. The van der Waals surface area contributed by atoms with E-state index in [-0.39, 0.29) is 5.28 Å². The normalized spacial score (nSPS) is 10.6. The van der Waals surface area contributed by atoms with Gasteiger partial charge in [-0.15, -0.1) is 0 Å². The van der Waals surface area contributed by atoms with Gasteiger partial charge in [0.2, 0.25) is 0 Å². The second kappa shape index (κ2) is 2.81. The van der Waals surface area contributed by atoms with E-state index in [4.69, 9.17) is 11.6 Å². The van der Waals surface area contributed by atoms with Gasteiger partial charge in [-0.1, -0.05) is 12.1 Å². The Morgan fingerprint density at radius 3 is 3.00 bits per heavy atom. The van der Waals surface area contributed by atoms with Gasteiger partial charge in [-0.2, -0.15) is 0 Å². The minimum atomic E-state index is -0.0342. The molecule has 4 nitrogen and oxygen atoms in total. The highest BCUT2D eigenvalue weighted by molar-refractivity contribution is 6.28. The van der Waals surface area contributed by atoms with Gasteiger partial charge in [0, 0.05) is 10.7 Å². The van der Waals surface area contributed by atoms with Crippen molar-refractivity contribution in [2.75, 3.05) is 0 Å². The van der Waals surface area contributed by atoms with Crippen LogP contribution in [-0.4, -0.2) is 10.1 Å². The number of para-hydroxylation sites is 1. The van der Waals surface area contributed by atoms with Crippen LogP contribution in [0.5, 0.6) is 0 Å². The van der Waals surface area contributed by atoms with Gasteiger partial charge in [0.1, 0.15) is 5.52 Å². The minimum absolute atomic E-state index is 0.0342. The average Bonchev–Trinajstić information content (AvgIpc) is 2.02. The minimum Gasteiger partial charge on any atom is -0.594 e. The van der Waals surface area contributed by atoms with Crippen molar-refractivity contribution >= 4 is 22.6 Å². The first-order chi connectivity index (χ1) is 6.18. The lowest BCUT2D eigenvalue weighted by molar-refractivity contribution is -0.643. The van der Waals surface area contributed by atoms with Gasteiger partial charge < -0.3 is 5.21 Å². The third kappa shape index (κ3) is 1.29. The first-order valence-electron chi connectivity index (χ1n) is 3.71. The Balaban J connectivity index is 2.94. The van der Waals surface area contributed by atoms with Crippen molar-refractivity contribution in [2.45, 2.75) is 6.92 Å². The molecule has 66 valence electrons. The third-order valence-corrected chi connectivity index (χ3v) is 1.95. The van der Waals surface area contributed by atoms with Gasteiger partial charge in [-0.05, 0) is 29.4 Å². The molecule has 0 N–H and O–H groups in total. The summed E-state index contributed by atoms with van der Waals surface area (Å²) in [6.45, 7) is 1.83. The van der Waals surface area contributed by atoms with Crippen molar-refractivity contribution in [1.29, 1.82) is 0 Å². The van der Waals surface area contributed by atoms with Crippen LogP contribution < -0.4 is 4.85 Å². The van der Waals surface area contributed by atoms with Crippen LogP contribution in [0.4, 0.5) is 0 Å². The monoisotopic (exact) mass is 195 g/mol. The van der Waals surface area contributed by atoms with Gasteiger partial charge >= 0.3 is 0 Å². The van der Waals surface area contributed by atoms with E-state index in [2.05, 4.69) is 10.1 Å². The fourth-order valence-electron chi connectivity index (χ4n) is 1.23. The van der Waals surface area contributed by atoms with Crippen LogP contribution in [-0.2, 0) is 0 Å². The summed E-state index contributed by atoms with van der Waals surface area (Å²) in [6.07, 6.45) is 0. The topological polar surface area (TPSA) is 52.7 Å². The quantitative estimate of drug-likeness (QED) is 0.469. The maximum absolute atomic E-state index is 11.3. The van der Waals surface area contributed by atoms with Gasteiger partial charge in [0.25, 0.3) is 10.8 Å². The van der Waals surface area contributed by atoms with Crippen LogP contribution in [0.1, 0.15) is 5.56 Å². The van der Waals surface area contributed by atoms with Crippen LogP contribution in [0, 0.1) is 12.1 Å². The zero-order valence-corrected chi connectivity index (χ0v) is 7.62. The lowest BCUT2D eigenvalue weighted by Crippen LogP contribution is -2.33. The van der Waals surface area contributed by atoms with Crippen LogP contribution in [0.2, 0.25) is 5.28 Å². The number of hydrogen-bond donors (Lipinski definition) is 0. The van der Waals surface area contributed by atoms with Gasteiger partial charge in [-0.3, -0.25) is 0 Å². The first kappa shape index (κ1) is 8.19. The number of rotatable bonds is 0. The number of halogens is 1.